The predicted octanol–water partition coefficient (Wildman–Crippen LogP) is 3.42. The molecule has 98 valence electrons. The topological polar surface area (TPSA) is 21.3 Å². The lowest BCUT2D eigenvalue weighted by molar-refractivity contribution is 0.415. The third-order valence-corrected chi connectivity index (χ3v) is 3.05. The fourth-order valence-electron chi connectivity index (χ4n) is 2.12. The number of aryl methyl sites for hydroxylation is 1. The van der Waals surface area contributed by atoms with Crippen molar-refractivity contribution < 1.29 is 4.74 Å². The van der Waals surface area contributed by atoms with Crippen LogP contribution in [0.25, 0.3) is 10.8 Å². The highest BCUT2D eigenvalue weighted by Gasteiger charge is 2.02. The zero-order chi connectivity index (χ0) is 12.1. The third kappa shape index (κ3) is 3.37. The zero-order valence-electron chi connectivity index (χ0n) is 10.9. The van der Waals surface area contributed by atoms with Gasteiger partial charge in [-0.25, -0.2) is 0 Å². The highest BCUT2D eigenvalue weighted by Crippen LogP contribution is 2.24. The summed E-state index contributed by atoms with van der Waals surface area (Å²) in [6, 6.07) is 12.7. The van der Waals surface area contributed by atoms with Crippen LogP contribution in [0.4, 0.5) is 0 Å². The van der Waals surface area contributed by atoms with E-state index in [0.29, 0.717) is 0 Å². The minimum atomic E-state index is 0. The Hall–Kier alpha value is -1.25. The SMILES string of the molecule is CNCCCc1cccc2ccc(OC)cc12.Cl. The van der Waals surface area contributed by atoms with Crippen LogP contribution in [0, 0.1) is 0 Å². The van der Waals surface area contributed by atoms with Crippen LogP contribution >= 0.6 is 12.4 Å². The van der Waals surface area contributed by atoms with Gasteiger partial charge in [0.2, 0.25) is 0 Å². The molecule has 0 saturated carbocycles. The molecule has 0 radical (unpaired) electrons. The summed E-state index contributed by atoms with van der Waals surface area (Å²) in [5.74, 6) is 0.929. The average Bonchev–Trinajstić information content (AvgIpc) is 2.39. The lowest BCUT2D eigenvalue weighted by atomic mass is 10.0. The van der Waals surface area contributed by atoms with Gasteiger partial charge in [-0.3, -0.25) is 0 Å². The van der Waals surface area contributed by atoms with Gasteiger partial charge in [-0.05, 0) is 54.9 Å². The van der Waals surface area contributed by atoms with Gasteiger partial charge in [-0.2, -0.15) is 0 Å². The fourth-order valence-corrected chi connectivity index (χ4v) is 2.12. The standard InChI is InChI=1S/C15H19NO.ClH/c1-16-10-4-7-12-5-3-6-13-8-9-14(17-2)11-15(12)13;/h3,5-6,8-9,11,16H,4,7,10H2,1-2H3;1H. The van der Waals surface area contributed by atoms with Crippen molar-refractivity contribution in [2.75, 3.05) is 20.7 Å². The Balaban J connectivity index is 0.00000162. The summed E-state index contributed by atoms with van der Waals surface area (Å²) in [6.45, 7) is 1.06. The first-order valence-electron chi connectivity index (χ1n) is 6.05. The third-order valence-electron chi connectivity index (χ3n) is 3.05. The summed E-state index contributed by atoms with van der Waals surface area (Å²) < 4.78 is 5.29. The second-order valence-corrected chi connectivity index (χ2v) is 4.21. The fraction of sp³-hybridized carbons (Fsp3) is 0.333. The molecule has 0 aromatic heterocycles. The maximum atomic E-state index is 5.29. The van der Waals surface area contributed by atoms with Crippen LogP contribution in [0.5, 0.6) is 5.75 Å². The van der Waals surface area contributed by atoms with Crippen molar-refractivity contribution in [2.45, 2.75) is 12.8 Å². The molecule has 1 N–H and O–H groups in total. The van der Waals surface area contributed by atoms with E-state index in [0.717, 1.165) is 25.1 Å². The number of halogens is 1. The first kappa shape index (κ1) is 14.8. The Labute approximate surface area is 115 Å². The van der Waals surface area contributed by atoms with E-state index in [1.165, 1.54) is 16.3 Å². The van der Waals surface area contributed by atoms with Crippen LogP contribution < -0.4 is 10.1 Å². The number of hydrogen-bond acceptors (Lipinski definition) is 2. The van der Waals surface area contributed by atoms with Gasteiger partial charge in [0.15, 0.2) is 0 Å². The normalized spacial score (nSPS) is 10.1. The molecule has 0 bridgehead atoms. The van der Waals surface area contributed by atoms with E-state index in [1.54, 1.807) is 7.11 Å². The lowest BCUT2D eigenvalue weighted by Crippen LogP contribution is -2.08. The Bertz CT molecular complexity index is 499. The van der Waals surface area contributed by atoms with E-state index in [1.807, 2.05) is 13.1 Å². The van der Waals surface area contributed by atoms with Crippen LogP contribution in [-0.4, -0.2) is 20.7 Å². The quantitative estimate of drug-likeness (QED) is 0.837. The first-order chi connectivity index (χ1) is 8.35. The van der Waals surface area contributed by atoms with Crippen LogP contribution in [0.2, 0.25) is 0 Å². The van der Waals surface area contributed by atoms with Crippen LogP contribution in [0.3, 0.4) is 0 Å². The zero-order valence-corrected chi connectivity index (χ0v) is 11.7. The van der Waals surface area contributed by atoms with Crippen molar-refractivity contribution in [3.8, 4) is 5.75 Å². The Morgan fingerprint density at radius 1 is 1.17 bits per heavy atom. The van der Waals surface area contributed by atoms with Gasteiger partial charge >= 0.3 is 0 Å². The molecule has 18 heavy (non-hydrogen) atoms. The Kier molecular flexibility index (Phi) is 5.96. The molecule has 0 aliphatic heterocycles. The monoisotopic (exact) mass is 265 g/mol. The van der Waals surface area contributed by atoms with Crippen molar-refractivity contribution in [1.82, 2.24) is 5.32 Å². The molecule has 0 heterocycles. The highest BCUT2D eigenvalue weighted by molar-refractivity contribution is 5.87. The van der Waals surface area contributed by atoms with Crippen LogP contribution in [0.15, 0.2) is 36.4 Å². The van der Waals surface area contributed by atoms with E-state index in [4.69, 9.17) is 4.74 Å². The Morgan fingerprint density at radius 2 is 2.00 bits per heavy atom. The maximum Gasteiger partial charge on any atom is 0.119 e. The van der Waals surface area contributed by atoms with E-state index in [2.05, 4.69) is 35.6 Å². The molecule has 0 spiro atoms. The number of rotatable bonds is 5. The summed E-state index contributed by atoms with van der Waals surface area (Å²) in [4.78, 5) is 0. The summed E-state index contributed by atoms with van der Waals surface area (Å²) in [5.41, 5.74) is 1.40. The second-order valence-electron chi connectivity index (χ2n) is 4.21. The minimum absolute atomic E-state index is 0. The van der Waals surface area contributed by atoms with E-state index in [9.17, 15) is 0 Å². The van der Waals surface area contributed by atoms with Gasteiger partial charge in [0.05, 0.1) is 7.11 Å². The number of ether oxygens (including phenoxy) is 1. The first-order valence-corrected chi connectivity index (χ1v) is 6.05. The molecule has 0 fully saturated rings. The van der Waals surface area contributed by atoms with Gasteiger partial charge in [-0.1, -0.05) is 24.3 Å². The molecule has 2 aromatic carbocycles. The summed E-state index contributed by atoms with van der Waals surface area (Å²) >= 11 is 0. The number of methoxy groups -OCH3 is 1. The number of nitrogens with one attached hydrogen (secondary N) is 1. The van der Waals surface area contributed by atoms with Crippen LogP contribution in [0.1, 0.15) is 12.0 Å². The number of fused-ring (bicyclic) bond motifs is 1. The second kappa shape index (κ2) is 7.24. The molecule has 2 aromatic rings. The summed E-state index contributed by atoms with van der Waals surface area (Å²) in [7, 11) is 3.71. The molecule has 0 amide bonds. The summed E-state index contributed by atoms with van der Waals surface area (Å²) in [6.07, 6.45) is 2.26. The van der Waals surface area contributed by atoms with Gasteiger partial charge in [0.25, 0.3) is 0 Å². The van der Waals surface area contributed by atoms with E-state index < -0.39 is 0 Å². The molecule has 2 rings (SSSR count). The lowest BCUT2D eigenvalue weighted by Gasteiger charge is -2.08. The van der Waals surface area contributed by atoms with Crippen LogP contribution in [-0.2, 0) is 6.42 Å². The van der Waals surface area contributed by atoms with E-state index >= 15 is 0 Å². The molecular formula is C15H20ClNO. The summed E-state index contributed by atoms with van der Waals surface area (Å²) in [5, 5.41) is 5.78. The van der Waals surface area contributed by atoms with E-state index in [-0.39, 0.29) is 12.4 Å². The molecule has 2 nitrogen and oxygen atoms in total. The molecule has 0 aliphatic carbocycles. The smallest absolute Gasteiger partial charge is 0.119 e. The van der Waals surface area contributed by atoms with Crippen molar-refractivity contribution in [1.29, 1.82) is 0 Å². The minimum Gasteiger partial charge on any atom is -0.497 e. The van der Waals surface area contributed by atoms with Crippen molar-refractivity contribution >= 4 is 23.2 Å². The van der Waals surface area contributed by atoms with Crippen molar-refractivity contribution in [2.24, 2.45) is 0 Å². The average molecular weight is 266 g/mol. The van der Waals surface area contributed by atoms with Crippen molar-refractivity contribution in [3.05, 3.63) is 42.0 Å². The molecule has 3 heteroatoms. The molecule has 0 atom stereocenters. The predicted molar refractivity (Wildman–Crippen MR) is 80.0 cm³/mol. The molecular weight excluding hydrogens is 246 g/mol. The Morgan fingerprint density at radius 3 is 2.72 bits per heavy atom. The van der Waals surface area contributed by atoms with Gasteiger partial charge in [-0.15, -0.1) is 12.4 Å². The van der Waals surface area contributed by atoms with Crippen molar-refractivity contribution in [3.63, 3.8) is 0 Å². The largest absolute Gasteiger partial charge is 0.497 e. The number of benzene rings is 2. The number of hydrogen-bond donors (Lipinski definition) is 1. The molecule has 0 aliphatic rings. The molecule has 0 saturated heterocycles. The highest BCUT2D eigenvalue weighted by atomic mass is 35.5. The van der Waals surface area contributed by atoms with Gasteiger partial charge < -0.3 is 10.1 Å². The molecule has 0 unspecified atom stereocenters. The maximum absolute atomic E-state index is 5.29. The van der Waals surface area contributed by atoms with Gasteiger partial charge in [0, 0.05) is 0 Å². The van der Waals surface area contributed by atoms with Gasteiger partial charge in [0.1, 0.15) is 5.75 Å².